The first-order valence-electron chi connectivity index (χ1n) is 3.94. The fraction of sp³-hybridized carbons (Fsp3) is 1.00. The van der Waals surface area contributed by atoms with Crippen LogP contribution >= 0.6 is 0 Å². The van der Waals surface area contributed by atoms with Crippen LogP contribution in [0.4, 0.5) is 0 Å². The third-order valence-electron chi connectivity index (χ3n) is 2.08. The molecule has 54 valence electrons. The Kier molecular flexibility index (Phi) is 2.52. The highest BCUT2D eigenvalue weighted by molar-refractivity contribution is 4.66. The highest BCUT2D eigenvalue weighted by atomic mass is 16.5. The molecule has 1 aliphatic rings. The van der Waals surface area contributed by atoms with Crippen LogP contribution in [0.15, 0.2) is 0 Å². The molecule has 0 aliphatic carbocycles. The molecule has 0 saturated carbocycles. The Labute approximate surface area is 57.4 Å². The van der Waals surface area contributed by atoms with Crippen LogP contribution in [0.25, 0.3) is 0 Å². The maximum Gasteiger partial charge on any atom is 0.0575 e. The zero-order chi connectivity index (χ0) is 6.69. The van der Waals surface area contributed by atoms with E-state index in [4.69, 9.17) is 4.74 Å². The summed E-state index contributed by atoms with van der Waals surface area (Å²) in [5.74, 6) is 0.892. The lowest BCUT2D eigenvalue weighted by atomic mass is 9.97. The molecule has 0 aromatic carbocycles. The van der Waals surface area contributed by atoms with Gasteiger partial charge in [0.1, 0.15) is 0 Å². The third-order valence-corrected chi connectivity index (χ3v) is 2.08. The lowest BCUT2D eigenvalue weighted by Gasteiger charge is -2.26. The van der Waals surface area contributed by atoms with Crippen molar-refractivity contribution < 1.29 is 4.74 Å². The average molecular weight is 128 g/mol. The second-order valence-corrected chi connectivity index (χ2v) is 3.03. The fourth-order valence-corrected chi connectivity index (χ4v) is 1.36. The summed E-state index contributed by atoms with van der Waals surface area (Å²) in [4.78, 5) is 0. The van der Waals surface area contributed by atoms with Crippen molar-refractivity contribution in [2.45, 2.75) is 39.2 Å². The first-order valence-corrected chi connectivity index (χ1v) is 3.94. The van der Waals surface area contributed by atoms with Crippen LogP contribution in [0.3, 0.4) is 0 Å². The van der Waals surface area contributed by atoms with Crippen molar-refractivity contribution in [3.63, 3.8) is 0 Å². The maximum atomic E-state index is 5.50. The monoisotopic (exact) mass is 128 g/mol. The van der Waals surface area contributed by atoms with Crippen LogP contribution in [0.5, 0.6) is 0 Å². The largest absolute Gasteiger partial charge is 0.378 e. The van der Waals surface area contributed by atoms with E-state index in [1.54, 1.807) is 0 Å². The van der Waals surface area contributed by atoms with Crippen molar-refractivity contribution in [2.75, 3.05) is 6.61 Å². The smallest absolute Gasteiger partial charge is 0.0575 e. The van der Waals surface area contributed by atoms with Crippen molar-refractivity contribution in [3.8, 4) is 0 Å². The lowest BCUT2D eigenvalue weighted by molar-refractivity contribution is -0.00644. The minimum Gasteiger partial charge on any atom is -0.378 e. The SMILES string of the molecule is CC[C@@H]1C[C@H](C)CCO1. The number of ether oxygens (including phenoxy) is 1. The minimum atomic E-state index is 0.564. The van der Waals surface area contributed by atoms with Gasteiger partial charge in [-0.25, -0.2) is 0 Å². The molecule has 1 heteroatoms. The standard InChI is InChI=1S/C8H16O/c1-3-8-6-7(2)4-5-9-8/h7-8H,3-6H2,1-2H3/t7-,8-/m1/s1. The quantitative estimate of drug-likeness (QED) is 0.526. The second kappa shape index (κ2) is 3.21. The zero-order valence-corrected chi connectivity index (χ0v) is 6.39. The van der Waals surface area contributed by atoms with E-state index in [1.165, 1.54) is 19.3 Å². The third kappa shape index (κ3) is 1.98. The van der Waals surface area contributed by atoms with Gasteiger partial charge >= 0.3 is 0 Å². The maximum absolute atomic E-state index is 5.50. The van der Waals surface area contributed by atoms with Gasteiger partial charge in [0, 0.05) is 6.61 Å². The molecular weight excluding hydrogens is 112 g/mol. The lowest BCUT2D eigenvalue weighted by Crippen LogP contribution is -2.23. The van der Waals surface area contributed by atoms with E-state index in [-0.39, 0.29) is 0 Å². The molecule has 1 saturated heterocycles. The Morgan fingerprint density at radius 2 is 2.33 bits per heavy atom. The molecule has 0 N–H and O–H groups in total. The molecule has 1 nitrogen and oxygen atoms in total. The first kappa shape index (κ1) is 7.07. The number of rotatable bonds is 1. The molecule has 0 radical (unpaired) electrons. The summed E-state index contributed by atoms with van der Waals surface area (Å²) < 4.78 is 5.50. The summed E-state index contributed by atoms with van der Waals surface area (Å²) in [6.45, 7) is 5.49. The van der Waals surface area contributed by atoms with Crippen LogP contribution in [-0.2, 0) is 4.74 Å². The zero-order valence-electron chi connectivity index (χ0n) is 6.39. The Bertz CT molecular complexity index is 80.6. The van der Waals surface area contributed by atoms with Gasteiger partial charge in [-0.15, -0.1) is 0 Å². The van der Waals surface area contributed by atoms with Crippen LogP contribution in [-0.4, -0.2) is 12.7 Å². The van der Waals surface area contributed by atoms with Gasteiger partial charge in [-0.3, -0.25) is 0 Å². The molecule has 1 heterocycles. The van der Waals surface area contributed by atoms with Crippen molar-refractivity contribution in [1.82, 2.24) is 0 Å². The molecule has 1 rings (SSSR count). The van der Waals surface area contributed by atoms with Gasteiger partial charge in [0.2, 0.25) is 0 Å². The Morgan fingerprint density at radius 1 is 1.56 bits per heavy atom. The highest BCUT2D eigenvalue weighted by Gasteiger charge is 2.16. The molecule has 2 atom stereocenters. The molecule has 0 unspecified atom stereocenters. The number of hydrogen-bond donors (Lipinski definition) is 0. The van der Waals surface area contributed by atoms with Crippen molar-refractivity contribution >= 4 is 0 Å². The summed E-state index contributed by atoms with van der Waals surface area (Å²) in [5.41, 5.74) is 0. The molecule has 0 aromatic rings. The van der Waals surface area contributed by atoms with Gasteiger partial charge in [0.15, 0.2) is 0 Å². The van der Waals surface area contributed by atoms with Crippen LogP contribution in [0, 0.1) is 5.92 Å². The highest BCUT2D eigenvalue weighted by Crippen LogP contribution is 2.20. The average Bonchev–Trinajstić information content (AvgIpc) is 1.88. The Morgan fingerprint density at radius 3 is 2.78 bits per heavy atom. The van der Waals surface area contributed by atoms with Gasteiger partial charge in [0.25, 0.3) is 0 Å². The molecule has 9 heavy (non-hydrogen) atoms. The topological polar surface area (TPSA) is 9.23 Å². The number of hydrogen-bond acceptors (Lipinski definition) is 1. The summed E-state index contributed by atoms with van der Waals surface area (Å²) in [5, 5.41) is 0. The van der Waals surface area contributed by atoms with Crippen LogP contribution in [0.1, 0.15) is 33.1 Å². The molecule has 1 aliphatic heterocycles. The van der Waals surface area contributed by atoms with E-state index in [0.717, 1.165) is 12.5 Å². The van der Waals surface area contributed by atoms with Gasteiger partial charge in [0.05, 0.1) is 6.10 Å². The predicted octanol–water partition coefficient (Wildman–Crippen LogP) is 2.21. The van der Waals surface area contributed by atoms with E-state index in [9.17, 15) is 0 Å². The molecular formula is C8H16O. The molecule has 0 amide bonds. The van der Waals surface area contributed by atoms with Gasteiger partial charge in [-0.1, -0.05) is 13.8 Å². The van der Waals surface area contributed by atoms with Crippen LogP contribution in [0.2, 0.25) is 0 Å². The predicted molar refractivity (Wildman–Crippen MR) is 38.4 cm³/mol. The van der Waals surface area contributed by atoms with Gasteiger partial charge in [-0.2, -0.15) is 0 Å². The molecule has 0 spiro atoms. The minimum absolute atomic E-state index is 0.564. The summed E-state index contributed by atoms with van der Waals surface area (Å²) in [6.07, 6.45) is 4.28. The molecule has 0 aromatic heterocycles. The summed E-state index contributed by atoms with van der Waals surface area (Å²) >= 11 is 0. The fourth-order valence-electron chi connectivity index (χ4n) is 1.36. The van der Waals surface area contributed by atoms with Crippen LogP contribution < -0.4 is 0 Å². The Hall–Kier alpha value is -0.0400. The van der Waals surface area contributed by atoms with Gasteiger partial charge in [-0.05, 0) is 25.2 Å². The van der Waals surface area contributed by atoms with Gasteiger partial charge < -0.3 is 4.74 Å². The summed E-state index contributed by atoms with van der Waals surface area (Å²) in [6, 6.07) is 0. The van der Waals surface area contributed by atoms with E-state index >= 15 is 0 Å². The molecule has 0 bridgehead atoms. The molecule has 1 fully saturated rings. The van der Waals surface area contributed by atoms with E-state index in [1.807, 2.05) is 0 Å². The van der Waals surface area contributed by atoms with E-state index < -0.39 is 0 Å². The van der Waals surface area contributed by atoms with E-state index in [2.05, 4.69) is 13.8 Å². The van der Waals surface area contributed by atoms with Crippen molar-refractivity contribution in [1.29, 1.82) is 0 Å². The normalized spacial score (nSPS) is 36.7. The van der Waals surface area contributed by atoms with Crippen molar-refractivity contribution in [2.24, 2.45) is 5.92 Å². The van der Waals surface area contributed by atoms with Crippen molar-refractivity contribution in [3.05, 3.63) is 0 Å². The second-order valence-electron chi connectivity index (χ2n) is 3.03. The summed E-state index contributed by atoms with van der Waals surface area (Å²) in [7, 11) is 0. The van der Waals surface area contributed by atoms with E-state index in [0.29, 0.717) is 6.10 Å². The Balaban J connectivity index is 2.23. The first-order chi connectivity index (χ1) is 4.33.